The zero-order chi connectivity index (χ0) is 17.1. The second-order valence-corrected chi connectivity index (χ2v) is 7.42. The molecule has 3 nitrogen and oxygen atoms in total. The number of rotatable bonds is 5. The third-order valence-electron chi connectivity index (χ3n) is 5.27. The van der Waals surface area contributed by atoms with Crippen LogP contribution in [0.5, 0.6) is 5.75 Å². The normalized spacial score (nSPS) is 16.0. The van der Waals surface area contributed by atoms with Gasteiger partial charge >= 0.3 is 0 Å². The molecule has 0 saturated carbocycles. The molecule has 0 amide bonds. The molecule has 0 radical (unpaired) electrons. The van der Waals surface area contributed by atoms with E-state index in [0.717, 1.165) is 47.7 Å². The maximum absolute atomic E-state index is 11.3. The van der Waals surface area contributed by atoms with Crippen molar-refractivity contribution in [1.29, 1.82) is 0 Å². The number of phenolic OH excluding ortho intramolecular Hbond substituents is 1. The Morgan fingerprint density at radius 3 is 2.58 bits per heavy atom. The average molecular weight is 325 g/mol. The molecule has 1 N–H and O–H groups in total. The summed E-state index contributed by atoms with van der Waals surface area (Å²) >= 11 is 0. The van der Waals surface area contributed by atoms with Crippen LogP contribution in [0.2, 0.25) is 0 Å². The number of anilines is 1. The lowest BCUT2D eigenvalue weighted by atomic mass is 9.89. The topological polar surface area (TPSA) is 40.5 Å². The van der Waals surface area contributed by atoms with E-state index in [2.05, 4.69) is 24.8 Å². The van der Waals surface area contributed by atoms with Gasteiger partial charge < -0.3 is 10.0 Å². The first-order chi connectivity index (χ1) is 11.6. The summed E-state index contributed by atoms with van der Waals surface area (Å²) in [5.74, 6) is 1.69. The number of aromatic hydroxyl groups is 1. The molecule has 1 aliphatic heterocycles. The number of carbonyl (C=O) groups is 1. The van der Waals surface area contributed by atoms with Gasteiger partial charge in [0.15, 0.2) is 6.29 Å². The Balaban J connectivity index is 1.75. The van der Waals surface area contributed by atoms with Gasteiger partial charge in [0.2, 0.25) is 0 Å². The number of carbonyl (C=O) groups excluding carboxylic acids is 1. The van der Waals surface area contributed by atoms with Crippen molar-refractivity contribution in [2.45, 2.75) is 39.5 Å². The van der Waals surface area contributed by atoms with Gasteiger partial charge in [0.25, 0.3) is 0 Å². The second-order valence-electron chi connectivity index (χ2n) is 7.42. The average Bonchev–Trinajstić information content (AvgIpc) is 2.60. The van der Waals surface area contributed by atoms with E-state index in [-0.39, 0.29) is 5.75 Å². The fraction of sp³-hybridized carbons (Fsp3) is 0.476. The molecule has 0 spiro atoms. The fourth-order valence-corrected chi connectivity index (χ4v) is 3.69. The van der Waals surface area contributed by atoms with Crippen molar-refractivity contribution >= 4 is 22.7 Å². The van der Waals surface area contributed by atoms with Crippen molar-refractivity contribution < 1.29 is 9.90 Å². The Bertz CT molecular complexity index is 715. The van der Waals surface area contributed by atoms with E-state index in [9.17, 15) is 9.90 Å². The van der Waals surface area contributed by atoms with Crippen molar-refractivity contribution in [3.05, 3.63) is 35.9 Å². The number of benzene rings is 2. The summed E-state index contributed by atoms with van der Waals surface area (Å²) in [7, 11) is 0. The maximum atomic E-state index is 11.3. The molecule has 0 aromatic heterocycles. The molecule has 2 aromatic carbocycles. The minimum Gasteiger partial charge on any atom is -0.507 e. The van der Waals surface area contributed by atoms with Gasteiger partial charge in [0.05, 0.1) is 5.56 Å². The van der Waals surface area contributed by atoms with Gasteiger partial charge in [-0.1, -0.05) is 38.8 Å². The summed E-state index contributed by atoms with van der Waals surface area (Å²) in [4.78, 5) is 13.7. The molecule has 3 heteroatoms. The zero-order valence-corrected chi connectivity index (χ0v) is 14.7. The van der Waals surface area contributed by atoms with Crippen LogP contribution in [0.25, 0.3) is 10.8 Å². The molecule has 1 aliphatic rings. The lowest BCUT2D eigenvalue weighted by Crippen LogP contribution is -2.33. The standard InChI is InChI=1S/C21H27NO2/c1-15(2)3-4-16-9-11-22(12-10-16)18-7-5-17-6-8-21(24)20(14-23)19(17)13-18/h5-8,13-16,24H,3-4,9-12H2,1-2H3. The van der Waals surface area contributed by atoms with E-state index in [1.165, 1.54) is 25.7 Å². The molecule has 0 bridgehead atoms. The van der Waals surface area contributed by atoms with Gasteiger partial charge in [-0.25, -0.2) is 0 Å². The summed E-state index contributed by atoms with van der Waals surface area (Å²) in [6, 6.07) is 9.67. The summed E-state index contributed by atoms with van der Waals surface area (Å²) in [6.07, 6.45) is 5.89. The minimum atomic E-state index is 0.0574. The largest absolute Gasteiger partial charge is 0.507 e. The summed E-state index contributed by atoms with van der Waals surface area (Å²) < 4.78 is 0. The van der Waals surface area contributed by atoms with Crippen LogP contribution in [0.3, 0.4) is 0 Å². The third kappa shape index (κ3) is 3.55. The highest BCUT2D eigenvalue weighted by Crippen LogP contribution is 2.32. The van der Waals surface area contributed by atoms with Gasteiger partial charge in [0, 0.05) is 18.8 Å². The molecule has 1 fully saturated rings. The molecule has 0 atom stereocenters. The van der Waals surface area contributed by atoms with E-state index in [1.807, 2.05) is 18.2 Å². The second kappa shape index (κ2) is 7.25. The zero-order valence-electron chi connectivity index (χ0n) is 14.7. The number of aldehydes is 1. The van der Waals surface area contributed by atoms with Crippen LogP contribution in [-0.2, 0) is 0 Å². The first kappa shape index (κ1) is 16.8. The summed E-state index contributed by atoms with van der Waals surface area (Å²) in [5, 5.41) is 11.7. The van der Waals surface area contributed by atoms with Crippen LogP contribution in [-0.4, -0.2) is 24.5 Å². The molecular formula is C21H27NO2. The highest BCUT2D eigenvalue weighted by Gasteiger charge is 2.20. The fourth-order valence-electron chi connectivity index (χ4n) is 3.69. The van der Waals surface area contributed by atoms with E-state index in [4.69, 9.17) is 0 Å². The van der Waals surface area contributed by atoms with Crippen molar-refractivity contribution in [3.63, 3.8) is 0 Å². The maximum Gasteiger partial charge on any atom is 0.154 e. The number of hydrogen-bond donors (Lipinski definition) is 1. The molecule has 24 heavy (non-hydrogen) atoms. The lowest BCUT2D eigenvalue weighted by molar-refractivity contribution is 0.112. The Labute approximate surface area is 144 Å². The predicted octanol–water partition coefficient (Wildman–Crippen LogP) is 5.01. The van der Waals surface area contributed by atoms with Crippen LogP contribution in [0, 0.1) is 11.8 Å². The van der Waals surface area contributed by atoms with Crippen LogP contribution < -0.4 is 4.90 Å². The molecule has 2 aromatic rings. The van der Waals surface area contributed by atoms with Crippen molar-refractivity contribution in [3.8, 4) is 5.75 Å². The van der Waals surface area contributed by atoms with Crippen LogP contribution in [0.1, 0.15) is 49.9 Å². The van der Waals surface area contributed by atoms with Gasteiger partial charge in [-0.2, -0.15) is 0 Å². The molecule has 128 valence electrons. The van der Waals surface area contributed by atoms with Gasteiger partial charge in [-0.3, -0.25) is 4.79 Å². The molecular weight excluding hydrogens is 298 g/mol. The Morgan fingerprint density at radius 2 is 1.92 bits per heavy atom. The Kier molecular flexibility index (Phi) is 5.08. The lowest BCUT2D eigenvalue weighted by Gasteiger charge is -2.34. The van der Waals surface area contributed by atoms with E-state index < -0.39 is 0 Å². The number of hydrogen-bond acceptors (Lipinski definition) is 3. The van der Waals surface area contributed by atoms with E-state index in [1.54, 1.807) is 6.07 Å². The van der Waals surface area contributed by atoms with Gasteiger partial charge in [-0.15, -0.1) is 0 Å². The first-order valence-electron chi connectivity index (χ1n) is 9.04. The molecule has 0 aliphatic carbocycles. The van der Waals surface area contributed by atoms with Crippen molar-refractivity contribution in [1.82, 2.24) is 0 Å². The number of fused-ring (bicyclic) bond motifs is 1. The van der Waals surface area contributed by atoms with Crippen LogP contribution in [0.4, 0.5) is 5.69 Å². The molecule has 1 heterocycles. The summed E-state index contributed by atoms with van der Waals surface area (Å²) in [5.41, 5.74) is 1.54. The van der Waals surface area contributed by atoms with Crippen molar-refractivity contribution in [2.75, 3.05) is 18.0 Å². The van der Waals surface area contributed by atoms with Crippen LogP contribution >= 0.6 is 0 Å². The number of phenols is 1. The third-order valence-corrected chi connectivity index (χ3v) is 5.27. The predicted molar refractivity (Wildman–Crippen MR) is 100 cm³/mol. The Morgan fingerprint density at radius 1 is 1.21 bits per heavy atom. The van der Waals surface area contributed by atoms with E-state index in [0.29, 0.717) is 5.56 Å². The highest BCUT2D eigenvalue weighted by atomic mass is 16.3. The van der Waals surface area contributed by atoms with E-state index >= 15 is 0 Å². The highest BCUT2D eigenvalue weighted by molar-refractivity contribution is 6.02. The smallest absolute Gasteiger partial charge is 0.154 e. The number of piperidine rings is 1. The molecule has 0 unspecified atom stereocenters. The molecule has 1 saturated heterocycles. The first-order valence-corrected chi connectivity index (χ1v) is 9.04. The quantitative estimate of drug-likeness (QED) is 0.786. The molecule has 3 rings (SSSR count). The van der Waals surface area contributed by atoms with Gasteiger partial charge in [-0.05, 0) is 53.6 Å². The number of nitrogens with zero attached hydrogens (tertiary/aromatic N) is 1. The van der Waals surface area contributed by atoms with Crippen molar-refractivity contribution in [2.24, 2.45) is 11.8 Å². The monoisotopic (exact) mass is 325 g/mol. The van der Waals surface area contributed by atoms with Crippen LogP contribution in [0.15, 0.2) is 30.3 Å². The minimum absolute atomic E-state index is 0.0574. The van der Waals surface area contributed by atoms with Gasteiger partial charge in [0.1, 0.15) is 5.75 Å². The SMILES string of the molecule is CC(C)CCC1CCN(c2ccc3ccc(O)c(C=O)c3c2)CC1. The summed E-state index contributed by atoms with van der Waals surface area (Å²) in [6.45, 7) is 6.74. The Hall–Kier alpha value is -2.03.